The van der Waals surface area contributed by atoms with Gasteiger partial charge in [0.2, 0.25) is 0 Å². The Labute approximate surface area is 145 Å². The van der Waals surface area contributed by atoms with Crippen LogP contribution in [0.4, 0.5) is 0 Å². The number of hydrogen-bond donors (Lipinski definition) is 2. The largest absolute Gasteiger partial charge is 0.507 e. The van der Waals surface area contributed by atoms with Gasteiger partial charge in [-0.05, 0) is 42.8 Å². The SMILES string of the molecule is C=c1c(O)c2ncc(C)cc2c(O)/c1=C/c1cc(OC)ccc1OC. The van der Waals surface area contributed by atoms with Gasteiger partial charge in [-0.25, -0.2) is 0 Å². The number of phenolic OH excluding ortho intramolecular Hbond substituents is 2. The van der Waals surface area contributed by atoms with Crippen molar-refractivity contribution < 1.29 is 19.7 Å². The van der Waals surface area contributed by atoms with E-state index in [0.29, 0.717) is 38.4 Å². The smallest absolute Gasteiger partial charge is 0.149 e. The Morgan fingerprint density at radius 3 is 2.52 bits per heavy atom. The summed E-state index contributed by atoms with van der Waals surface area (Å²) in [5, 5.41) is 22.4. The van der Waals surface area contributed by atoms with Crippen molar-refractivity contribution in [2.45, 2.75) is 6.92 Å². The molecule has 0 bridgehead atoms. The maximum atomic E-state index is 10.7. The van der Waals surface area contributed by atoms with Gasteiger partial charge in [-0.2, -0.15) is 0 Å². The molecule has 5 heteroatoms. The van der Waals surface area contributed by atoms with Crippen LogP contribution in [0, 0.1) is 6.92 Å². The second-order valence-corrected chi connectivity index (χ2v) is 5.75. The van der Waals surface area contributed by atoms with Crippen molar-refractivity contribution in [3.8, 4) is 23.0 Å². The highest BCUT2D eigenvalue weighted by molar-refractivity contribution is 5.91. The van der Waals surface area contributed by atoms with E-state index in [0.717, 1.165) is 5.56 Å². The van der Waals surface area contributed by atoms with Crippen molar-refractivity contribution >= 4 is 23.6 Å². The highest BCUT2D eigenvalue weighted by atomic mass is 16.5. The van der Waals surface area contributed by atoms with Gasteiger partial charge in [0.05, 0.1) is 14.2 Å². The van der Waals surface area contributed by atoms with Crippen molar-refractivity contribution in [2.24, 2.45) is 0 Å². The first-order valence-corrected chi connectivity index (χ1v) is 7.69. The van der Waals surface area contributed by atoms with E-state index in [4.69, 9.17) is 9.47 Å². The predicted octanol–water partition coefficient (Wildman–Crippen LogP) is 2.21. The number of aromatic hydroxyl groups is 2. The molecule has 2 aromatic carbocycles. The lowest BCUT2D eigenvalue weighted by Crippen LogP contribution is -2.24. The number of rotatable bonds is 3. The normalized spacial score (nSPS) is 11.7. The average Bonchev–Trinajstić information content (AvgIpc) is 2.63. The molecule has 0 amide bonds. The van der Waals surface area contributed by atoms with Gasteiger partial charge in [0.1, 0.15) is 28.5 Å². The summed E-state index contributed by atoms with van der Waals surface area (Å²) in [6.07, 6.45) is 3.34. The molecule has 3 rings (SSSR count). The fourth-order valence-electron chi connectivity index (χ4n) is 2.76. The number of aryl methyl sites for hydroxylation is 1. The summed E-state index contributed by atoms with van der Waals surface area (Å²) in [6, 6.07) is 7.12. The van der Waals surface area contributed by atoms with E-state index >= 15 is 0 Å². The van der Waals surface area contributed by atoms with Crippen molar-refractivity contribution in [1.29, 1.82) is 0 Å². The molecule has 1 heterocycles. The van der Waals surface area contributed by atoms with Crippen LogP contribution in [-0.2, 0) is 0 Å². The Kier molecular flexibility index (Phi) is 4.23. The molecule has 0 aliphatic carbocycles. The third kappa shape index (κ3) is 2.85. The highest BCUT2D eigenvalue weighted by Crippen LogP contribution is 2.27. The van der Waals surface area contributed by atoms with Gasteiger partial charge < -0.3 is 19.7 Å². The second-order valence-electron chi connectivity index (χ2n) is 5.75. The zero-order valence-electron chi connectivity index (χ0n) is 14.3. The van der Waals surface area contributed by atoms with E-state index in [1.165, 1.54) is 0 Å². The van der Waals surface area contributed by atoms with Crippen molar-refractivity contribution in [3.05, 3.63) is 52.0 Å². The van der Waals surface area contributed by atoms with Crippen molar-refractivity contribution in [2.75, 3.05) is 14.2 Å². The monoisotopic (exact) mass is 337 g/mol. The number of benzene rings is 2. The molecule has 0 radical (unpaired) electrons. The van der Waals surface area contributed by atoms with Gasteiger partial charge in [-0.15, -0.1) is 0 Å². The number of fused-ring (bicyclic) bond motifs is 1. The molecule has 0 saturated heterocycles. The molecule has 2 N–H and O–H groups in total. The minimum atomic E-state index is -0.0547. The van der Waals surface area contributed by atoms with Crippen LogP contribution in [0.5, 0.6) is 23.0 Å². The minimum Gasteiger partial charge on any atom is -0.507 e. The molecule has 25 heavy (non-hydrogen) atoms. The Bertz CT molecular complexity index is 1070. The van der Waals surface area contributed by atoms with Crippen molar-refractivity contribution in [3.63, 3.8) is 0 Å². The molecule has 0 spiro atoms. The topological polar surface area (TPSA) is 71.8 Å². The zero-order valence-corrected chi connectivity index (χ0v) is 14.3. The zero-order chi connectivity index (χ0) is 18.1. The van der Waals surface area contributed by atoms with Gasteiger partial charge in [0, 0.05) is 27.6 Å². The van der Waals surface area contributed by atoms with Gasteiger partial charge in [0.25, 0.3) is 0 Å². The van der Waals surface area contributed by atoms with Crippen LogP contribution >= 0.6 is 0 Å². The Balaban J connectivity index is 2.40. The van der Waals surface area contributed by atoms with Crippen LogP contribution in [0.2, 0.25) is 0 Å². The Morgan fingerprint density at radius 1 is 1.08 bits per heavy atom. The quantitative estimate of drug-likeness (QED) is 0.717. The summed E-state index contributed by atoms with van der Waals surface area (Å²) in [6.45, 7) is 5.76. The summed E-state index contributed by atoms with van der Waals surface area (Å²) in [5.74, 6) is 1.22. The summed E-state index contributed by atoms with van der Waals surface area (Å²) in [4.78, 5) is 4.20. The predicted molar refractivity (Wildman–Crippen MR) is 97.7 cm³/mol. The van der Waals surface area contributed by atoms with E-state index in [1.54, 1.807) is 50.8 Å². The Hall–Kier alpha value is -3.21. The maximum Gasteiger partial charge on any atom is 0.149 e. The van der Waals surface area contributed by atoms with Gasteiger partial charge in [0.15, 0.2) is 0 Å². The number of aromatic nitrogens is 1. The molecule has 128 valence electrons. The maximum absolute atomic E-state index is 10.7. The molecule has 0 atom stereocenters. The number of nitrogens with zero attached hydrogens (tertiary/aromatic N) is 1. The van der Waals surface area contributed by atoms with Crippen LogP contribution in [-0.4, -0.2) is 29.4 Å². The summed E-state index contributed by atoms with van der Waals surface area (Å²) < 4.78 is 10.6. The van der Waals surface area contributed by atoms with Crippen LogP contribution in [0.1, 0.15) is 11.1 Å². The van der Waals surface area contributed by atoms with Gasteiger partial charge in [-0.1, -0.05) is 6.58 Å². The molecule has 0 fully saturated rings. The Morgan fingerprint density at radius 2 is 1.84 bits per heavy atom. The van der Waals surface area contributed by atoms with E-state index in [-0.39, 0.29) is 11.5 Å². The number of ether oxygens (including phenoxy) is 2. The molecular weight excluding hydrogens is 318 g/mol. The fourth-order valence-corrected chi connectivity index (χ4v) is 2.76. The molecule has 0 unspecified atom stereocenters. The number of pyridine rings is 1. The molecule has 0 aliphatic heterocycles. The number of hydrogen-bond acceptors (Lipinski definition) is 5. The van der Waals surface area contributed by atoms with E-state index < -0.39 is 0 Å². The van der Waals surface area contributed by atoms with Gasteiger partial charge in [-0.3, -0.25) is 4.98 Å². The van der Waals surface area contributed by atoms with Crippen molar-refractivity contribution in [1.82, 2.24) is 4.98 Å². The standard InChI is InChI=1S/C20H19NO4/c1-11-7-16-18(21-10-11)19(22)12(2)15(20(16)23)9-13-8-14(24-3)5-6-17(13)25-4/h5-10,22-23H,2H2,1,3-4H3/b15-9+. The fraction of sp³-hybridized carbons (Fsp3) is 0.150. The molecule has 3 aromatic rings. The first-order valence-electron chi connectivity index (χ1n) is 7.69. The van der Waals surface area contributed by atoms with Crippen LogP contribution in [0.3, 0.4) is 0 Å². The highest BCUT2D eigenvalue weighted by Gasteiger charge is 2.12. The lowest BCUT2D eigenvalue weighted by Gasteiger charge is -2.09. The first kappa shape index (κ1) is 16.6. The summed E-state index contributed by atoms with van der Waals surface area (Å²) in [7, 11) is 3.14. The number of phenols is 2. The summed E-state index contributed by atoms with van der Waals surface area (Å²) >= 11 is 0. The number of methoxy groups -OCH3 is 2. The van der Waals surface area contributed by atoms with Crippen LogP contribution < -0.4 is 19.9 Å². The molecular formula is C20H19NO4. The molecule has 5 nitrogen and oxygen atoms in total. The minimum absolute atomic E-state index is 0.0128. The lowest BCUT2D eigenvalue weighted by atomic mass is 10.0. The molecule has 0 saturated carbocycles. The second kappa shape index (κ2) is 6.36. The van der Waals surface area contributed by atoms with E-state index in [9.17, 15) is 10.2 Å². The van der Waals surface area contributed by atoms with Gasteiger partial charge >= 0.3 is 0 Å². The molecule has 1 aromatic heterocycles. The third-order valence-electron chi connectivity index (χ3n) is 4.11. The summed E-state index contributed by atoms with van der Waals surface area (Å²) in [5.41, 5.74) is 1.90. The van der Waals surface area contributed by atoms with Crippen LogP contribution in [0.25, 0.3) is 23.6 Å². The van der Waals surface area contributed by atoms with Crippen LogP contribution in [0.15, 0.2) is 30.5 Å². The molecule has 0 aliphatic rings. The first-order chi connectivity index (χ1) is 12.0. The van der Waals surface area contributed by atoms with E-state index in [1.807, 2.05) is 6.92 Å². The van der Waals surface area contributed by atoms with E-state index in [2.05, 4.69) is 11.6 Å². The third-order valence-corrected chi connectivity index (χ3v) is 4.11. The average molecular weight is 337 g/mol. The lowest BCUT2D eigenvalue weighted by molar-refractivity contribution is 0.402.